The summed E-state index contributed by atoms with van der Waals surface area (Å²) in [5.74, 6) is 1.75. The van der Waals surface area contributed by atoms with Gasteiger partial charge >= 0.3 is 0 Å². The van der Waals surface area contributed by atoms with Gasteiger partial charge in [0.1, 0.15) is 0 Å². The van der Waals surface area contributed by atoms with Crippen molar-refractivity contribution < 1.29 is 4.57 Å². The molecule has 2 rings (SSSR count). The first-order valence-corrected chi connectivity index (χ1v) is 9.06. The first-order chi connectivity index (χ1) is 10.1. The summed E-state index contributed by atoms with van der Waals surface area (Å²) in [5.41, 5.74) is 0.710. The molecule has 0 amide bonds. The van der Waals surface area contributed by atoms with Crippen LogP contribution in [0.1, 0.15) is 0 Å². The molecular formula is C18H16BrOP. The number of allylic oxidation sites excluding steroid dienone is 3. The number of hydrogen-bond donors (Lipinski definition) is 0. The summed E-state index contributed by atoms with van der Waals surface area (Å²) in [4.78, 5) is 0. The van der Waals surface area contributed by atoms with Gasteiger partial charge in [-0.3, -0.25) is 0 Å². The Kier molecular flexibility index (Phi) is 5.17. The molecule has 21 heavy (non-hydrogen) atoms. The average molecular weight is 359 g/mol. The summed E-state index contributed by atoms with van der Waals surface area (Å²) >= 11 is 3.45. The largest absolute Gasteiger partial charge is 0.309 e. The summed E-state index contributed by atoms with van der Waals surface area (Å²) in [5, 5.41) is 1.59. The van der Waals surface area contributed by atoms with Gasteiger partial charge in [0.15, 0.2) is 7.14 Å². The molecule has 0 bridgehead atoms. The molecule has 3 heteroatoms. The van der Waals surface area contributed by atoms with Gasteiger partial charge in [0.2, 0.25) is 0 Å². The minimum absolute atomic E-state index is 0.702. The SMILES string of the molecule is C=CC(=C)/C(Br)=C\P(=O)(c1ccccc1)c1ccccc1. The lowest BCUT2D eigenvalue weighted by molar-refractivity contribution is 0.592. The zero-order valence-corrected chi connectivity index (χ0v) is 14.1. The van der Waals surface area contributed by atoms with E-state index in [9.17, 15) is 4.57 Å². The first-order valence-electron chi connectivity index (χ1n) is 6.49. The van der Waals surface area contributed by atoms with E-state index >= 15 is 0 Å². The van der Waals surface area contributed by atoms with Crippen LogP contribution in [0.15, 0.2) is 95.8 Å². The zero-order chi connectivity index (χ0) is 15.3. The molecule has 0 aliphatic carbocycles. The van der Waals surface area contributed by atoms with E-state index in [1.807, 2.05) is 60.7 Å². The Morgan fingerprint density at radius 3 is 1.76 bits per heavy atom. The highest BCUT2D eigenvalue weighted by atomic mass is 79.9. The van der Waals surface area contributed by atoms with Gasteiger partial charge in [-0.15, -0.1) is 0 Å². The van der Waals surface area contributed by atoms with Gasteiger partial charge in [-0.1, -0.05) is 95.8 Å². The van der Waals surface area contributed by atoms with Crippen molar-refractivity contribution in [2.24, 2.45) is 0 Å². The summed E-state index contributed by atoms with van der Waals surface area (Å²) in [6, 6.07) is 19.0. The molecule has 0 aromatic heterocycles. The van der Waals surface area contributed by atoms with Crippen molar-refractivity contribution in [3.05, 3.63) is 95.8 Å². The molecule has 1 nitrogen and oxygen atoms in total. The van der Waals surface area contributed by atoms with E-state index in [2.05, 4.69) is 29.1 Å². The van der Waals surface area contributed by atoms with E-state index in [0.29, 0.717) is 10.1 Å². The van der Waals surface area contributed by atoms with Gasteiger partial charge < -0.3 is 4.57 Å². The summed E-state index contributed by atoms with van der Waals surface area (Å²) < 4.78 is 14.4. The second kappa shape index (κ2) is 6.89. The van der Waals surface area contributed by atoms with Crippen LogP contribution in [-0.4, -0.2) is 0 Å². The van der Waals surface area contributed by atoms with Crippen LogP contribution in [0.2, 0.25) is 0 Å². The zero-order valence-electron chi connectivity index (χ0n) is 11.6. The predicted octanol–water partition coefficient (Wildman–Crippen LogP) is 4.98. The maximum Gasteiger partial charge on any atom is 0.165 e. The Hall–Kier alpha value is -1.63. The van der Waals surface area contributed by atoms with Crippen LogP contribution < -0.4 is 10.6 Å². The fourth-order valence-corrected chi connectivity index (χ4v) is 5.28. The molecule has 0 spiro atoms. The minimum Gasteiger partial charge on any atom is -0.309 e. The molecule has 0 unspecified atom stereocenters. The molecule has 0 saturated carbocycles. The lowest BCUT2D eigenvalue weighted by atomic mass is 10.3. The van der Waals surface area contributed by atoms with Gasteiger partial charge in [-0.25, -0.2) is 0 Å². The molecule has 0 saturated heterocycles. The Morgan fingerprint density at radius 2 is 1.38 bits per heavy atom. The van der Waals surface area contributed by atoms with Crippen molar-refractivity contribution in [3.8, 4) is 0 Å². The Labute approximate surface area is 134 Å². The first kappa shape index (κ1) is 15.8. The van der Waals surface area contributed by atoms with Crippen LogP contribution >= 0.6 is 23.1 Å². The Balaban J connectivity index is 2.64. The molecular weight excluding hydrogens is 343 g/mol. The van der Waals surface area contributed by atoms with Gasteiger partial charge in [-0.05, 0) is 11.4 Å². The van der Waals surface area contributed by atoms with E-state index in [0.717, 1.165) is 10.6 Å². The van der Waals surface area contributed by atoms with Crippen molar-refractivity contribution in [2.75, 3.05) is 0 Å². The van der Waals surface area contributed by atoms with Crippen molar-refractivity contribution in [3.63, 3.8) is 0 Å². The smallest absolute Gasteiger partial charge is 0.165 e. The molecule has 2 aromatic rings. The molecule has 0 N–H and O–H groups in total. The molecule has 0 atom stereocenters. The second-order valence-electron chi connectivity index (χ2n) is 4.54. The van der Waals surface area contributed by atoms with Crippen LogP contribution in [0, 0.1) is 0 Å². The van der Waals surface area contributed by atoms with Crippen molar-refractivity contribution in [1.82, 2.24) is 0 Å². The van der Waals surface area contributed by atoms with Gasteiger partial charge in [0.05, 0.1) is 0 Å². The standard InChI is InChI=1S/C18H16BrOP/c1-3-15(2)18(19)14-21(20,16-10-6-4-7-11-16)17-12-8-5-9-13-17/h3-14H,1-2H2/b18-14+. The lowest BCUT2D eigenvalue weighted by Gasteiger charge is -2.16. The maximum absolute atomic E-state index is 13.7. The van der Waals surface area contributed by atoms with E-state index in [1.54, 1.807) is 11.9 Å². The molecule has 0 fully saturated rings. The lowest BCUT2D eigenvalue weighted by Crippen LogP contribution is -2.14. The third-order valence-corrected chi connectivity index (χ3v) is 6.97. The van der Waals surface area contributed by atoms with Gasteiger partial charge in [0.25, 0.3) is 0 Å². The highest BCUT2D eigenvalue weighted by molar-refractivity contribution is 9.12. The minimum atomic E-state index is -2.86. The highest BCUT2D eigenvalue weighted by Gasteiger charge is 2.25. The summed E-state index contributed by atoms with van der Waals surface area (Å²) in [7, 11) is -2.86. The Morgan fingerprint density at radius 1 is 0.952 bits per heavy atom. The molecule has 0 radical (unpaired) electrons. The molecule has 0 heterocycles. The number of rotatable bonds is 5. The third-order valence-electron chi connectivity index (χ3n) is 3.13. The number of hydrogen-bond acceptors (Lipinski definition) is 1. The Bertz CT molecular complexity index is 674. The van der Waals surface area contributed by atoms with E-state index < -0.39 is 7.14 Å². The topological polar surface area (TPSA) is 17.1 Å². The highest BCUT2D eigenvalue weighted by Crippen LogP contribution is 2.47. The van der Waals surface area contributed by atoms with E-state index in [4.69, 9.17) is 0 Å². The quantitative estimate of drug-likeness (QED) is 0.544. The maximum atomic E-state index is 13.7. The van der Waals surface area contributed by atoms with Crippen LogP contribution in [0.4, 0.5) is 0 Å². The average Bonchev–Trinajstić information content (AvgIpc) is 2.55. The van der Waals surface area contributed by atoms with E-state index in [-0.39, 0.29) is 0 Å². The number of halogens is 1. The summed E-state index contributed by atoms with van der Waals surface area (Å²) in [6.07, 6.45) is 1.64. The van der Waals surface area contributed by atoms with E-state index in [1.165, 1.54) is 0 Å². The molecule has 2 aromatic carbocycles. The normalized spacial score (nSPS) is 12.0. The number of benzene rings is 2. The van der Waals surface area contributed by atoms with Crippen LogP contribution in [0.25, 0.3) is 0 Å². The van der Waals surface area contributed by atoms with Gasteiger partial charge in [0, 0.05) is 15.1 Å². The fourth-order valence-electron chi connectivity index (χ4n) is 1.94. The molecule has 106 valence electrons. The van der Waals surface area contributed by atoms with Crippen LogP contribution in [0.3, 0.4) is 0 Å². The molecule has 0 aliphatic heterocycles. The third kappa shape index (κ3) is 3.53. The van der Waals surface area contributed by atoms with Crippen LogP contribution in [-0.2, 0) is 4.57 Å². The van der Waals surface area contributed by atoms with Crippen molar-refractivity contribution in [1.29, 1.82) is 0 Å². The molecule has 0 aliphatic rings. The second-order valence-corrected chi connectivity index (χ2v) is 8.00. The van der Waals surface area contributed by atoms with Crippen LogP contribution in [0.5, 0.6) is 0 Å². The van der Waals surface area contributed by atoms with Crippen molar-refractivity contribution in [2.45, 2.75) is 0 Å². The van der Waals surface area contributed by atoms with Crippen molar-refractivity contribution >= 4 is 33.7 Å². The fraction of sp³-hybridized carbons (Fsp3) is 0. The predicted molar refractivity (Wildman–Crippen MR) is 96.1 cm³/mol. The summed E-state index contributed by atoms with van der Waals surface area (Å²) in [6.45, 7) is 7.59. The monoisotopic (exact) mass is 358 g/mol. The van der Waals surface area contributed by atoms with Gasteiger partial charge in [-0.2, -0.15) is 0 Å².